The Balaban J connectivity index is 1.87. The van der Waals surface area contributed by atoms with E-state index in [1.807, 2.05) is 50.2 Å². The molecule has 1 aliphatic heterocycles. The second kappa shape index (κ2) is 9.17. The van der Waals surface area contributed by atoms with Gasteiger partial charge in [-0.25, -0.2) is 9.79 Å². The molecular formula is C21H17I2NO4. The molecule has 2 aromatic carbocycles. The molecule has 0 aromatic heterocycles. The van der Waals surface area contributed by atoms with E-state index in [1.165, 1.54) is 0 Å². The normalized spacial score (nSPS) is 14.8. The standard InChI is InChI=1S/C21H17I2NO4/c1-3-4-18(25)27-19-15(22)9-13(10-16(19)23)11-17-21(26)28-20(24-17)14-7-5-12(2)6-8-14/h5-11H,3-4H2,1-2H3/b17-11-. The average Bonchev–Trinajstić information content (AvgIpc) is 2.99. The number of esters is 2. The molecule has 0 N–H and O–H groups in total. The zero-order chi connectivity index (χ0) is 20.3. The summed E-state index contributed by atoms with van der Waals surface area (Å²) in [5.41, 5.74) is 2.89. The van der Waals surface area contributed by atoms with Crippen LogP contribution in [0.15, 0.2) is 47.1 Å². The van der Waals surface area contributed by atoms with Gasteiger partial charge in [0.1, 0.15) is 0 Å². The second-order valence-electron chi connectivity index (χ2n) is 6.24. The molecule has 144 valence electrons. The number of rotatable bonds is 5. The molecule has 7 heteroatoms. The van der Waals surface area contributed by atoms with Gasteiger partial charge in [-0.1, -0.05) is 24.6 Å². The molecule has 28 heavy (non-hydrogen) atoms. The van der Waals surface area contributed by atoms with E-state index in [4.69, 9.17) is 9.47 Å². The monoisotopic (exact) mass is 601 g/mol. The highest BCUT2D eigenvalue weighted by atomic mass is 127. The van der Waals surface area contributed by atoms with Gasteiger partial charge in [0.05, 0.1) is 7.14 Å². The van der Waals surface area contributed by atoms with Crippen molar-refractivity contribution in [2.45, 2.75) is 26.7 Å². The van der Waals surface area contributed by atoms with Crippen LogP contribution in [0.5, 0.6) is 5.75 Å². The SMILES string of the molecule is CCCC(=O)Oc1c(I)cc(/C=C2\N=C(c3ccc(C)cc3)OC2=O)cc1I. The highest BCUT2D eigenvalue weighted by molar-refractivity contribution is 14.1. The number of nitrogens with zero attached hydrogens (tertiary/aromatic N) is 1. The second-order valence-corrected chi connectivity index (χ2v) is 8.56. The summed E-state index contributed by atoms with van der Waals surface area (Å²) >= 11 is 4.24. The summed E-state index contributed by atoms with van der Waals surface area (Å²) in [5.74, 6) is 0.0978. The van der Waals surface area contributed by atoms with Crippen molar-refractivity contribution >= 4 is 69.1 Å². The summed E-state index contributed by atoms with van der Waals surface area (Å²) in [6.07, 6.45) is 2.78. The number of carbonyl (C=O) groups excluding carboxylic acids is 2. The lowest BCUT2D eigenvalue weighted by Crippen LogP contribution is -2.09. The fourth-order valence-corrected chi connectivity index (χ4v) is 4.55. The molecule has 0 atom stereocenters. The molecule has 0 saturated carbocycles. The van der Waals surface area contributed by atoms with Gasteiger partial charge in [0.15, 0.2) is 11.4 Å². The van der Waals surface area contributed by atoms with E-state index in [9.17, 15) is 9.59 Å². The highest BCUT2D eigenvalue weighted by Gasteiger charge is 2.24. The zero-order valence-electron chi connectivity index (χ0n) is 15.3. The first-order valence-corrected chi connectivity index (χ1v) is 10.8. The van der Waals surface area contributed by atoms with E-state index in [1.54, 1.807) is 6.08 Å². The van der Waals surface area contributed by atoms with Gasteiger partial charge in [-0.15, -0.1) is 0 Å². The van der Waals surface area contributed by atoms with Crippen LogP contribution in [0.25, 0.3) is 6.08 Å². The Hall–Kier alpha value is -1.75. The van der Waals surface area contributed by atoms with Crippen LogP contribution in [-0.2, 0) is 14.3 Å². The smallest absolute Gasteiger partial charge is 0.363 e. The fourth-order valence-electron chi connectivity index (χ4n) is 2.52. The van der Waals surface area contributed by atoms with E-state index in [0.29, 0.717) is 18.1 Å². The summed E-state index contributed by atoms with van der Waals surface area (Å²) in [6, 6.07) is 11.3. The van der Waals surface area contributed by atoms with E-state index in [0.717, 1.165) is 30.3 Å². The summed E-state index contributed by atoms with van der Waals surface area (Å²) < 4.78 is 12.3. The first-order chi connectivity index (χ1) is 13.4. The van der Waals surface area contributed by atoms with E-state index >= 15 is 0 Å². The van der Waals surface area contributed by atoms with Crippen LogP contribution < -0.4 is 4.74 Å². The summed E-state index contributed by atoms with van der Waals surface area (Å²) in [7, 11) is 0. The van der Waals surface area contributed by atoms with Crippen LogP contribution in [0.1, 0.15) is 36.5 Å². The molecule has 0 aliphatic carbocycles. The minimum atomic E-state index is -0.487. The van der Waals surface area contributed by atoms with Crippen LogP contribution in [0, 0.1) is 14.1 Å². The van der Waals surface area contributed by atoms with Crippen molar-refractivity contribution in [1.29, 1.82) is 0 Å². The Morgan fingerprint density at radius 3 is 2.43 bits per heavy atom. The predicted octanol–water partition coefficient (Wildman–Crippen LogP) is 5.25. The topological polar surface area (TPSA) is 65.0 Å². The van der Waals surface area contributed by atoms with Crippen molar-refractivity contribution in [2.24, 2.45) is 4.99 Å². The molecule has 0 unspecified atom stereocenters. The fraction of sp³-hybridized carbons (Fsp3) is 0.190. The molecule has 0 amide bonds. The van der Waals surface area contributed by atoms with Crippen molar-refractivity contribution in [3.63, 3.8) is 0 Å². The van der Waals surface area contributed by atoms with Crippen LogP contribution in [-0.4, -0.2) is 17.8 Å². The highest BCUT2D eigenvalue weighted by Crippen LogP contribution is 2.31. The summed E-state index contributed by atoms with van der Waals surface area (Å²) in [4.78, 5) is 28.3. The van der Waals surface area contributed by atoms with E-state index in [2.05, 4.69) is 50.2 Å². The van der Waals surface area contributed by atoms with Gasteiger partial charge in [-0.2, -0.15) is 0 Å². The number of halogens is 2. The summed E-state index contributed by atoms with van der Waals surface area (Å²) in [5, 5.41) is 0. The number of hydrogen-bond donors (Lipinski definition) is 0. The molecule has 0 fully saturated rings. The lowest BCUT2D eigenvalue weighted by atomic mass is 10.1. The molecule has 1 heterocycles. The van der Waals surface area contributed by atoms with Crippen molar-refractivity contribution in [3.8, 4) is 5.75 Å². The van der Waals surface area contributed by atoms with Gasteiger partial charge in [-0.05, 0) is 94.4 Å². The molecule has 3 rings (SSSR count). The Kier molecular flexibility index (Phi) is 6.86. The van der Waals surface area contributed by atoms with E-state index in [-0.39, 0.29) is 11.7 Å². The Morgan fingerprint density at radius 1 is 1.18 bits per heavy atom. The average molecular weight is 601 g/mol. The number of carbonyl (C=O) groups is 2. The lowest BCUT2D eigenvalue weighted by Gasteiger charge is -2.09. The Bertz CT molecular complexity index is 971. The molecule has 2 aromatic rings. The Morgan fingerprint density at radius 2 is 1.82 bits per heavy atom. The first kappa shape index (κ1) is 21.0. The molecule has 0 saturated heterocycles. The maximum absolute atomic E-state index is 12.2. The molecule has 0 radical (unpaired) electrons. The Labute approximate surface area is 190 Å². The van der Waals surface area contributed by atoms with Gasteiger partial charge in [-0.3, -0.25) is 4.79 Å². The largest absolute Gasteiger partial charge is 0.424 e. The van der Waals surface area contributed by atoms with E-state index < -0.39 is 5.97 Å². The molecular weight excluding hydrogens is 584 g/mol. The third-order valence-electron chi connectivity index (χ3n) is 3.91. The van der Waals surface area contributed by atoms with Crippen LogP contribution >= 0.6 is 45.2 Å². The lowest BCUT2D eigenvalue weighted by molar-refractivity contribution is -0.134. The van der Waals surface area contributed by atoms with Crippen LogP contribution in [0.2, 0.25) is 0 Å². The van der Waals surface area contributed by atoms with Crippen molar-refractivity contribution < 1.29 is 19.1 Å². The van der Waals surface area contributed by atoms with Crippen LogP contribution in [0.3, 0.4) is 0 Å². The maximum atomic E-state index is 12.2. The third kappa shape index (κ3) is 4.99. The van der Waals surface area contributed by atoms with Gasteiger partial charge in [0.2, 0.25) is 5.90 Å². The predicted molar refractivity (Wildman–Crippen MR) is 124 cm³/mol. The van der Waals surface area contributed by atoms with Gasteiger partial charge < -0.3 is 9.47 Å². The van der Waals surface area contributed by atoms with Gasteiger partial charge in [0, 0.05) is 12.0 Å². The zero-order valence-corrected chi connectivity index (χ0v) is 19.6. The van der Waals surface area contributed by atoms with Crippen molar-refractivity contribution in [1.82, 2.24) is 0 Å². The number of ether oxygens (including phenoxy) is 2. The molecule has 5 nitrogen and oxygen atoms in total. The molecule has 0 bridgehead atoms. The molecule has 1 aliphatic rings. The first-order valence-electron chi connectivity index (χ1n) is 8.66. The van der Waals surface area contributed by atoms with Crippen LogP contribution in [0.4, 0.5) is 0 Å². The van der Waals surface area contributed by atoms with Gasteiger partial charge >= 0.3 is 11.9 Å². The van der Waals surface area contributed by atoms with Crippen molar-refractivity contribution in [3.05, 3.63) is 65.9 Å². The number of aliphatic imine (C=N–C) groups is 1. The number of benzene rings is 2. The summed E-state index contributed by atoms with van der Waals surface area (Å²) in [6.45, 7) is 3.92. The quantitative estimate of drug-likeness (QED) is 0.203. The third-order valence-corrected chi connectivity index (χ3v) is 5.52. The minimum Gasteiger partial charge on any atom is -0.424 e. The van der Waals surface area contributed by atoms with Gasteiger partial charge in [0.25, 0.3) is 0 Å². The molecule has 0 spiro atoms. The number of aryl methyl sites for hydroxylation is 1. The maximum Gasteiger partial charge on any atom is 0.363 e. The number of hydrogen-bond acceptors (Lipinski definition) is 5. The number of cyclic esters (lactones) is 1. The van der Waals surface area contributed by atoms with Crippen molar-refractivity contribution in [2.75, 3.05) is 0 Å². The minimum absolute atomic E-state index is 0.234.